The number of nitrogens with one attached hydrogen (secondary N) is 1. The van der Waals surface area contributed by atoms with Gasteiger partial charge in [0.05, 0.1) is 4.90 Å². The van der Waals surface area contributed by atoms with Gasteiger partial charge in [0.15, 0.2) is 5.78 Å². The number of Topliss-reactive ketones (excluding diaryl/α,β-unsaturated/α-hetero) is 1. The van der Waals surface area contributed by atoms with Gasteiger partial charge >= 0.3 is 0 Å². The molecular formula is C13H13NO3S2. The van der Waals surface area contributed by atoms with Crippen molar-refractivity contribution in [3.05, 3.63) is 52.2 Å². The van der Waals surface area contributed by atoms with Gasteiger partial charge in [-0.25, -0.2) is 13.1 Å². The van der Waals surface area contributed by atoms with E-state index in [1.807, 2.05) is 16.8 Å². The van der Waals surface area contributed by atoms with Crippen LogP contribution in [0, 0.1) is 0 Å². The zero-order valence-electron chi connectivity index (χ0n) is 10.3. The lowest BCUT2D eigenvalue weighted by Gasteiger charge is -2.06. The Kier molecular flexibility index (Phi) is 4.14. The molecule has 0 radical (unpaired) electrons. The van der Waals surface area contributed by atoms with Gasteiger partial charge in [0.2, 0.25) is 10.0 Å². The SMILES string of the molecule is CC(=O)c1ccc(S(=O)(=O)NCc2ccsc2)cc1. The Labute approximate surface area is 116 Å². The molecule has 19 heavy (non-hydrogen) atoms. The first-order chi connectivity index (χ1) is 8.99. The van der Waals surface area contributed by atoms with Crippen molar-refractivity contribution < 1.29 is 13.2 Å². The van der Waals surface area contributed by atoms with Gasteiger partial charge in [0, 0.05) is 12.1 Å². The molecular weight excluding hydrogens is 282 g/mol. The number of benzene rings is 1. The fourth-order valence-electron chi connectivity index (χ4n) is 1.52. The quantitative estimate of drug-likeness (QED) is 0.862. The molecule has 1 aromatic heterocycles. The van der Waals surface area contributed by atoms with Gasteiger partial charge in [-0.05, 0) is 41.4 Å². The second kappa shape index (κ2) is 5.64. The van der Waals surface area contributed by atoms with Crippen molar-refractivity contribution in [2.45, 2.75) is 18.4 Å². The van der Waals surface area contributed by atoms with E-state index in [4.69, 9.17) is 0 Å². The van der Waals surface area contributed by atoms with E-state index in [-0.39, 0.29) is 17.2 Å². The van der Waals surface area contributed by atoms with E-state index in [0.717, 1.165) is 5.56 Å². The molecule has 2 aromatic rings. The molecule has 0 fully saturated rings. The van der Waals surface area contributed by atoms with Crippen LogP contribution >= 0.6 is 11.3 Å². The summed E-state index contributed by atoms with van der Waals surface area (Å²) < 4.78 is 26.6. The summed E-state index contributed by atoms with van der Waals surface area (Å²) in [7, 11) is -3.54. The van der Waals surface area contributed by atoms with Crippen molar-refractivity contribution in [3.63, 3.8) is 0 Å². The molecule has 1 aromatic carbocycles. The predicted octanol–water partition coefficient (Wildman–Crippen LogP) is 2.43. The zero-order valence-corrected chi connectivity index (χ0v) is 11.9. The normalized spacial score (nSPS) is 11.4. The van der Waals surface area contributed by atoms with Gasteiger partial charge in [-0.3, -0.25) is 4.79 Å². The Morgan fingerprint density at radius 1 is 1.21 bits per heavy atom. The van der Waals surface area contributed by atoms with Crippen LogP contribution in [0.2, 0.25) is 0 Å². The summed E-state index contributed by atoms with van der Waals surface area (Å²) in [6, 6.07) is 7.77. The van der Waals surface area contributed by atoms with Crippen LogP contribution in [0.4, 0.5) is 0 Å². The molecule has 0 amide bonds. The molecule has 0 aliphatic rings. The Balaban J connectivity index is 2.13. The molecule has 0 bridgehead atoms. The standard InChI is InChI=1S/C13H13NO3S2/c1-10(15)12-2-4-13(5-3-12)19(16,17)14-8-11-6-7-18-9-11/h2-7,9,14H,8H2,1H3. The first-order valence-corrected chi connectivity index (χ1v) is 8.03. The summed E-state index contributed by atoms with van der Waals surface area (Å²) in [6.07, 6.45) is 0. The van der Waals surface area contributed by atoms with Crippen LogP contribution in [-0.2, 0) is 16.6 Å². The van der Waals surface area contributed by atoms with Crippen molar-refractivity contribution in [2.24, 2.45) is 0 Å². The molecule has 0 aliphatic carbocycles. The average Bonchev–Trinajstić information content (AvgIpc) is 2.90. The fourth-order valence-corrected chi connectivity index (χ4v) is 3.21. The highest BCUT2D eigenvalue weighted by atomic mass is 32.2. The van der Waals surface area contributed by atoms with Crippen molar-refractivity contribution >= 4 is 27.1 Å². The van der Waals surface area contributed by atoms with E-state index >= 15 is 0 Å². The van der Waals surface area contributed by atoms with Gasteiger partial charge in [-0.15, -0.1) is 0 Å². The van der Waals surface area contributed by atoms with Crippen molar-refractivity contribution in [2.75, 3.05) is 0 Å². The lowest BCUT2D eigenvalue weighted by Crippen LogP contribution is -2.23. The molecule has 1 N–H and O–H groups in total. The average molecular weight is 295 g/mol. The fraction of sp³-hybridized carbons (Fsp3) is 0.154. The van der Waals surface area contributed by atoms with E-state index in [1.54, 1.807) is 0 Å². The number of ketones is 1. The minimum Gasteiger partial charge on any atom is -0.295 e. The summed E-state index contributed by atoms with van der Waals surface area (Å²) in [5.41, 5.74) is 1.42. The van der Waals surface area contributed by atoms with Crippen LogP contribution in [-0.4, -0.2) is 14.2 Å². The van der Waals surface area contributed by atoms with Crippen molar-refractivity contribution in [1.82, 2.24) is 4.72 Å². The van der Waals surface area contributed by atoms with Crippen LogP contribution in [0.1, 0.15) is 22.8 Å². The van der Waals surface area contributed by atoms with Crippen LogP contribution < -0.4 is 4.72 Å². The van der Waals surface area contributed by atoms with Gasteiger partial charge in [0.1, 0.15) is 0 Å². The molecule has 0 spiro atoms. The molecule has 2 rings (SSSR count). The maximum absolute atomic E-state index is 12.0. The third-order valence-corrected chi connectivity index (χ3v) is 4.77. The monoisotopic (exact) mass is 295 g/mol. The molecule has 0 saturated heterocycles. The van der Waals surface area contributed by atoms with Crippen LogP contribution in [0.5, 0.6) is 0 Å². The number of thiophene rings is 1. The third kappa shape index (κ3) is 3.50. The number of rotatable bonds is 5. The maximum Gasteiger partial charge on any atom is 0.240 e. The summed E-state index contributed by atoms with van der Waals surface area (Å²) in [4.78, 5) is 11.3. The minimum absolute atomic E-state index is 0.0878. The van der Waals surface area contributed by atoms with Gasteiger partial charge in [0.25, 0.3) is 0 Å². The Morgan fingerprint density at radius 2 is 1.89 bits per heavy atom. The number of carbonyl (C=O) groups is 1. The second-order valence-electron chi connectivity index (χ2n) is 4.04. The van der Waals surface area contributed by atoms with Gasteiger partial charge in [-0.1, -0.05) is 12.1 Å². The summed E-state index contributed by atoms with van der Waals surface area (Å²) in [6.45, 7) is 1.71. The highest BCUT2D eigenvalue weighted by molar-refractivity contribution is 7.89. The second-order valence-corrected chi connectivity index (χ2v) is 6.58. The molecule has 0 saturated carbocycles. The highest BCUT2D eigenvalue weighted by Crippen LogP contribution is 2.12. The zero-order chi connectivity index (χ0) is 13.9. The number of sulfonamides is 1. The number of hydrogen-bond donors (Lipinski definition) is 1. The minimum atomic E-state index is -3.54. The van der Waals surface area contributed by atoms with Crippen LogP contribution in [0.15, 0.2) is 46.0 Å². The molecule has 0 atom stereocenters. The Morgan fingerprint density at radius 3 is 2.42 bits per heavy atom. The molecule has 0 aliphatic heterocycles. The first kappa shape index (κ1) is 13.9. The number of carbonyl (C=O) groups excluding carboxylic acids is 1. The molecule has 4 nitrogen and oxygen atoms in total. The lowest BCUT2D eigenvalue weighted by atomic mass is 10.2. The van der Waals surface area contributed by atoms with Crippen LogP contribution in [0.25, 0.3) is 0 Å². The number of hydrogen-bond acceptors (Lipinski definition) is 4. The summed E-state index contributed by atoms with van der Waals surface area (Å²) >= 11 is 1.52. The van der Waals surface area contributed by atoms with Gasteiger partial charge in [-0.2, -0.15) is 11.3 Å². The largest absolute Gasteiger partial charge is 0.295 e. The van der Waals surface area contributed by atoms with E-state index in [1.165, 1.54) is 42.5 Å². The first-order valence-electron chi connectivity index (χ1n) is 5.61. The lowest BCUT2D eigenvalue weighted by molar-refractivity contribution is 0.101. The maximum atomic E-state index is 12.0. The van der Waals surface area contributed by atoms with E-state index in [2.05, 4.69) is 4.72 Å². The Bertz CT molecular complexity index is 658. The van der Waals surface area contributed by atoms with E-state index in [9.17, 15) is 13.2 Å². The third-order valence-electron chi connectivity index (χ3n) is 2.62. The van der Waals surface area contributed by atoms with E-state index in [0.29, 0.717) is 5.56 Å². The molecule has 0 unspecified atom stereocenters. The highest BCUT2D eigenvalue weighted by Gasteiger charge is 2.14. The topological polar surface area (TPSA) is 63.2 Å². The van der Waals surface area contributed by atoms with Crippen LogP contribution in [0.3, 0.4) is 0 Å². The summed E-state index contributed by atoms with van der Waals surface area (Å²) in [5.74, 6) is -0.0878. The molecule has 1 heterocycles. The van der Waals surface area contributed by atoms with Crippen molar-refractivity contribution in [3.8, 4) is 0 Å². The predicted molar refractivity (Wildman–Crippen MR) is 74.8 cm³/mol. The summed E-state index contributed by atoms with van der Waals surface area (Å²) in [5, 5.41) is 3.78. The van der Waals surface area contributed by atoms with Crippen molar-refractivity contribution in [1.29, 1.82) is 0 Å². The Hall–Kier alpha value is -1.50. The molecule has 100 valence electrons. The smallest absolute Gasteiger partial charge is 0.240 e. The molecule has 6 heteroatoms. The van der Waals surface area contributed by atoms with E-state index < -0.39 is 10.0 Å². The van der Waals surface area contributed by atoms with Gasteiger partial charge < -0.3 is 0 Å².